The molecule has 1 aromatic carbocycles. The maximum absolute atomic E-state index is 11.1. The minimum absolute atomic E-state index is 0.174. The lowest BCUT2D eigenvalue weighted by molar-refractivity contribution is 0.0679. The SMILES string of the molecule is Cc1ccc(Cc2cc(C(=O)O)no2)c(C(=O)O)c1. The first-order valence-corrected chi connectivity index (χ1v) is 5.49. The zero-order chi connectivity index (χ0) is 14.0. The Morgan fingerprint density at radius 2 is 1.95 bits per heavy atom. The third-order valence-electron chi connectivity index (χ3n) is 2.64. The molecule has 0 aliphatic heterocycles. The first kappa shape index (κ1) is 12.8. The molecule has 1 heterocycles. The van der Waals surface area contributed by atoms with E-state index in [0.29, 0.717) is 11.3 Å². The number of benzene rings is 1. The topological polar surface area (TPSA) is 101 Å². The molecule has 2 N–H and O–H groups in total. The lowest BCUT2D eigenvalue weighted by Gasteiger charge is -2.04. The van der Waals surface area contributed by atoms with Crippen LogP contribution in [0.3, 0.4) is 0 Å². The maximum Gasteiger partial charge on any atom is 0.358 e. The molecule has 6 nitrogen and oxygen atoms in total. The maximum atomic E-state index is 11.1. The van der Waals surface area contributed by atoms with Crippen molar-refractivity contribution < 1.29 is 24.3 Å². The molecule has 2 aromatic rings. The van der Waals surface area contributed by atoms with Crippen LogP contribution in [0.4, 0.5) is 0 Å². The van der Waals surface area contributed by atoms with E-state index in [9.17, 15) is 9.59 Å². The Balaban J connectivity index is 2.32. The average Bonchev–Trinajstić information content (AvgIpc) is 2.80. The number of carbonyl (C=O) groups is 2. The summed E-state index contributed by atoms with van der Waals surface area (Å²) in [6.45, 7) is 1.80. The molecule has 19 heavy (non-hydrogen) atoms. The summed E-state index contributed by atoms with van der Waals surface area (Å²) in [5, 5.41) is 21.2. The fourth-order valence-corrected chi connectivity index (χ4v) is 1.73. The standard InChI is InChI=1S/C13H11NO5/c1-7-2-3-8(10(4-7)12(15)16)5-9-6-11(13(17)18)14-19-9/h2-4,6H,5H2,1H3,(H,15,16)(H,17,18). The number of rotatable bonds is 4. The minimum atomic E-state index is -1.18. The Morgan fingerprint density at radius 1 is 1.21 bits per heavy atom. The quantitative estimate of drug-likeness (QED) is 0.872. The van der Waals surface area contributed by atoms with Gasteiger partial charge in [-0.1, -0.05) is 22.9 Å². The molecule has 0 saturated heterocycles. The summed E-state index contributed by atoms with van der Waals surface area (Å²) in [5.41, 5.74) is 1.36. The Morgan fingerprint density at radius 3 is 2.53 bits per heavy atom. The normalized spacial score (nSPS) is 10.4. The van der Waals surface area contributed by atoms with E-state index < -0.39 is 11.9 Å². The van der Waals surface area contributed by atoms with Crippen LogP contribution in [0, 0.1) is 6.92 Å². The summed E-state index contributed by atoms with van der Waals surface area (Å²) < 4.78 is 4.87. The van der Waals surface area contributed by atoms with Crippen LogP contribution in [0.15, 0.2) is 28.8 Å². The average molecular weight is 261 g/mol. The lowest BCUT2D eigenvalue weighted by atomic mass is 10.0. The summed E-state index contributed by atoms with van der Waals surface area (Å²) in [5.74, 6) is -1.90. The van der Waals surface area contributed by atoms with Gasteiger partial charge in [0.2, 0.25) is 0 Å². The molecule has 2 rings (SSSR count). The van der Waals surface area contributed by atoms with Crippen molar-refractivity contribution in [1.82, 2.24) is 5.16 Å². The Bertz CT molecular complexity index is 644. The van der Waals surface area contributed by atoms with Crippen molar-refractivity contribution >= 4 is 11.9 Å². The van der Waals surface area contributed by atoms with Crippen molar-refractivity contribution in [2.75, 3.05) is 0 Å². The smallest absolute Gasteiger partial charge is 0.358 e. The molecule has 0 bridgehead atoms. The van der Waals surface area contributed by atoms with Gasteiger partial charge in [-0.25, -0.2) is 9.59 Å². The summed E-state index contributed by atoms with van der Waals surface area (Å²) in [6.07, 6.45) is 0.183. The van der Waals surface area contributed by atoms with Gasteiger partial charge in [0.05, 0.1) is 5.56 Å². The Kier molecular flexibility index (Phi) is 3.33. The van der Waals surface area contributed by atoms with E-state index in [1.54, 1.807) is 25.1 Å². The molecule has 0 atom stereocenters. The second-order valence-corrected chi connectivity index (χ2v) is 4.13. The largest absolute Gasteiger partial charge is 0.478 e. The number of aryl methyl sites for hydroxylation is 1. The van der Waals surface area contributed by atoms with Crippen LogP contribution in [-0.2, 0) is 6.42 Å². The van der Waals surface area contributed by atoms with Crippen molar-refractivity contribution in [3.8, 4) is 0 Å². The molecule has 98 valence electrons. The zero-order valence-electron chi connectivity index (χ0n) is 10.1. The van der Waals surface area contributed by atoms with E-state index in [1.165, 1.54) is 6.07 Å². The summed E-state index contributed by atoms with van der Waals surface area (Å²) in [4.78, 5) is 21.8. The molecule has 0 amide bonds. The number of hydrogen-bond acceptors (Lipinski definition) is 4. The van der Waals surface area contributed by atoms with Gasteiger partial charge in [-0.05, 0) is 18.6 Å². The number of aromatic carboxylic acids is 2. The molecule has 0 radical (unpaired) electrons. The number of aromatic nitrogens is 1. The third kappa shape index (κ3) is 2.79. The molecule has 0 aliphatic rings. The van der Waals surface area contributed by atoms with E-state index in [0.717, 1.165) is 5.56 Å². The van der Waals surface area contributed by atoms with Crippen LogP contribution in [0.25, 0.3) is 0 Å². The van der Waals surface area contributed by atoms with Crippen LogP contribution in [0.1, 0.15) is 37.7 Å². The molecular weight excluding hydrogens is 250 g/mol. The van der Waals surface area contributed by atoms with E-state index in [2.05, 4.69) is 5.16 Å². The van der Waals surface area contributed by atoms with Gasteiger partial charge in [-0.3, -0.25) is 0 Å². The predicted octanol–water partition coefficient (Wildman–Crippen LogP) is 1.97. The van der Waals surface area contributed by atoms with Crippen molar-refractivity contribution in [3.05, 3.63) is 52.4 Å². The van der Waals surface area contributed by atoms with Crippen LogP contribution in [0.2, 0.25) is 0 Å². The van der Waals surface area contributed by atoms with E-state index in [1.807, 2.05) is 0 Å². The predicted molar refractivity (Wildman–Crippen MR) is 64.4 cm³/mol. The molecular formula is C13H11NO5. The first-order valence-electron chi connectivity index (χ1n) is 5.49. The molecule has 1 aromatic heterocycles. The molecule has 0 aliphatic carbocycles. The van der Waals surface area contributed by atoms with Gasteiger partial charge < -0.3 is 14.7 Å². The fraction of sp³-hybridized carbons (Fsp3) is 0.154. The first-order chi connectivity index (χ1) is 8.97. The highest BCUT2D eigenvalue weighted by Crippen LogP contribution is 2.17. The van der Waals surface area contributed by atoms with E-state index in [4.69, 9.17) is 14.7 Å². The van der Waals surface area contributed by atoms with Crippen molar-refractivity contribution in [2.24, 2.45) is 0 Å². The van der Waals surface area contributed by atoms with Gasteiger partial charge in [-0.2, -0.15) is 0 Å². The van der Waals surface area contributed by atoms with Gasteiger partial charge in [-0.15, -0.1) is 0 Å². The second-order valence-electron chi connectivity index (χ2n) is 4.13. The highest BCUT2D eigenvalue weighted by Gasteiger charge is 2.15. The highest BCUT2D eigenvalue weighted by molar-refractivity contribution is 5.89. The zero-order valence-corrected chi connectivity index (χ0v) is 10.1. The van der Waals surface area contributed by atoms with Crippen LogP contribution < -0.4 is 0 Å². The fourth-order valence-electron chi connectivity index (χ4n) is 1.73. The molecule has 0 unspecified atom stereocenters. The second kappa shape index (κ2) is 4.93. The molecule has 0 spiro atoms. The van der Waals surface area contributed by atoms with Crippen LogP contribution in [-0.4, -0.2) is 27.3 Å². The van der Waals surface area contributed by atoms with E-state index in [-0.39, 0.29) is 17.7 Å². The number of carboxylic acids is 2. The van der Waals surface area contributed by atoms with Gasteiger partial charge in [0, 0.05) is 12.5 Å². The van der Waals surface area contributed by atoms with Gasteiger partial charge in [0.25, 0.3) is 0 Å². The third-order valence-corrected chi connectivity index (χ3v) is 2.64. The van der Waals surface area contributed by atoms with Crippen LogP contribution in [0.5, 0.6) is 0 Å². The summed E-state index contributed by atoms with van der Waals surface area (Å²) in [7, 11) is 0. The van der Waals surface area contributed by atoms with Gasteiger partial charge in [0.1, 0.15) is 5.76 Å². The monoisotopic (exact) mass is 261 g/mol. The lowest BCUT2D eigenvalue weighted by Crippen LogP contribution is -2.03. The van der Waals surface area contributed by atoms with Crippen molar-refractivity contribution in [1.29, 1.82) is 0 Å². The van der Waals surface area contributed by atoms with E-state index >= 15 is 0 Å². The minimum Gasteiger partial charge on any atom is -0.478 e. The molecule has 0 saturated carbocycles. The van der Waals surface area contributed by atoms with Gasteiger partial charge in [0.15, 0.2) is 5.69 Å². The van der Waals surface area contributed by atoms with Crippen molar-refractivity contribution in [2.45, 2.75) is 13.3 Å². The Labute approximate surface area is 108 Å². The van der Waals surface area contributed by atoms with Crippen LogP contribution >= 0.6 is 0 Å². The Hall–Kier alpha value is -2.63. The molecule has 6 heteroatoms. The molecule has 0 fully saturated rings. The summed E-state index contributed by atoms with van der Waals surface area (Å²) >= 11 is 0. The number of carboxylic acid groups (broad SMARTS) is 2. The number of hydrogen-bond donors (Lipinski definition) is 2. The highest BCUT2D eigenvalue weighted by atomic mass is 16.5. The summed E-state index contributed by atoms with van der Waals surface area (Å²) in [6, 6.07) is 6.32. The van der Waals surface area contributed by atoms with Gasteiger partial charge >= 0.3 is 11.9 Å². The number of nitrogens with zero attached hydrogens (tertiary/aromatic N) is 1. The van der Waals surface area contributed by atoms with Crippen molar-refractivity contribution in [3.63, 3.8) is 0 Å².